The number of hydrogen-bond donors (Lipinski definition) is 3. The Labute approximate surface area is 102 Å². The van der Waals surface area contributed by atoms with E-state index in [9.17, 15) is 0 Å². The maximum Gasteiger partial charge on any atom is 0.0633 e. The first-order chi connectivity index (χ1) is 7.00. The maximum atomic E-state index is 9.16. The lowest BCUT2D eigenvalue weighted by molar-refractivity contribution is 0.0961. The van der Waals surface area contributed by atoms with E-state index in [4.69, 9.17) is 10.2 Å². The summed E-state index contributed by atoms with van der Waals surface area (Å²) in [6, 6.07) is 2.16. The van der Waals surface area contributed by atoms with Gasteiger partial charge in [0, 0.05) is 20.8 Å². The molecular formula is C10H16BrNO2S. The number of thiophene rings is 1. The summed E-state index contributed by atoms with van der Waals surface area (Å²) in [6.45, 7) is 3.65. The van der Waals surface area contributed by atoms with Crippen LogP contribution in [0.15, 0.2) is 15.9 Å². The summed E-state index contributed by atoms with van der Waals surface area (Å²) in [5.74, 6) is 0. The van der Waals surface area contributed by atoms with Gasteiger partial charge in [-0.2, -0.15) is 0 Å². The van der Waals surface area contributed by atoms with Crippen molar-refractivity contribution in [1.82, 2.24) is 5.32 Å². The Morgan fingerprint density at radius 1 is 1.53 bits per heavy atom. The molecule has 1 unspecified atom stereocenters. The van der Waals surface area contributed by atoms with E-state index < -0.39 is 5.54 Å². The molecule has 0 spiro atoms. The molecule has 1 heterocycles. The van der Waals surface area contributed by atoms with Crippen molar-refractivity contribution in [1.29, 1.82) is 0 Å². The van der Waals surface area contributed by atoms with Crippen LogP contribution >= 0.6 is 27.3 Å². The van der Waals surface area contributed by atoms with E-state index in [1.807, 2.05) is 18.4 Å². The van der Waals surface area contributed by atoms with Crippen LogP contribution in [0.5, 0.6) is 0 Å². The molecule has 0 aromatic carbocycles. The molecule has 1 atom stereocenters. The summed E-state index contributed by atoms with van der Waals surface area (Å²) in [5.41, 5.74) is -0.629. The minimum Gasteiger partial charge on any atom is -0.394 e. The lowest BCUT2D eigenvalue weighted by atomic mass is 10.0. The van der Waals surface area contributed by atoms with E-state index >= 15 is 0 Å². The van der Waals surface area contributed by atoms with Crippen molar-refractivity contribution in [2.75, 3.05) is 13.2 Å². The number of aliphatic hydroxyl groups excluding tert-OH is 2. The molecule has 1 aromatic rings. The summed E-state index contributed by atoms with van der Waals surface area (Å²) in [4.78, 5) is 1.18. The molecule has 1 aromatic heterocycles. The van der Waals surface area contributed by atoms with E-state index in [0.29, 0.717) is 0 Å². The minimum atomic E-state index is -0.629. The normalized spacial score (nSPS) is 14.2. The number of aliphatic hydroxyl groups is 2. The number of hydrogen-bond acceptors (Lipinski definition) is 4. The van der Waals surface area contributed by atoms with Gasteiger partial charge in [-0.3, -0.25) is 0 Å². The van der Waals surface area contributed by atoms with Gasteiger partial charge in [-0.1, -0.05) is 0 Å². The highest BCUT2D eigenvalue weighted by Gasteiger charge is 2.25. The second kappa shape index (κ2) is 5.41. The van der Waals surface area contributed by atoms with Crippen molar-refractivity contribution < 1.29 is 10.2 Å². The van der Waals surface area contributed by atoms with Crippen molar-refractivity contribution in [3.8, 4) is 0 Å². The zero-order valence-corrected chi connectivity index (χ0v) is 11.2. The summed E-state index contributed by atoms with van der Waals surface area (Å²) in [6.07, 6.45) is 0. The van der Waals surface area contributed by atoms with Crippen molar-refractivity contribution in [2.45, 2.75) is 25.4 Å². The van der Waals surface area contributed by atoms with Crippen molar-refractivity contribution in [2.24, 2.45) is 0 Å². The van der Waals surface area contributed by atoms with Crippen LogP contribution in [0.4, 0.5) is 0 Å². The molecule has 0 aliphatic carbocycles. The highest BCUT2D eigenvalue weighted by atomic mass is 79.9. The fourth-order valence-corrected chi connectivity index (χ4v) is 2.74. The third kappa shape index (κ3) is 3.53. The van der Waals surface area contributed by atoms with Gasteiger partial charge in [0.25, 0.3) is 0 Å². The van der Waals surface area contributed by atoms with Crippen LogP contribution in [0.2, 0.25) is 0 Å². The van der Waals surface area contributed by atoms with Crippen LogP contribution < -0.4 is 5.32 Å². The first kappa shape index (κ1) is 13.1. The zero-order valence-electron chi connectivity index (χ0n) is 8.83. The molecule has 1 rings (SSSR count). The summed E-state index contributed by atoms with van der Waals surface area (Å²) >= 11 is 5.04. The Morgan fingerprint density at radius 3 is 2.53 bits per heavy atom. The van der Waals surface area contributed by atoms with E-state index in [0.717, 1.165) is 4.47 Å². The van der Waals surface area contributed by atoms with Gasteiger partial charge in [0.1, 0.15) is 0 Å². The molecule has 0 saturated heterocycles. The Morgan fingerprint density at radius 2 is 2.13 bits per heavy atom. The quantitative estimate of drug-likeness (QED) is 0.777. The lowest BCUT2D eigenvalue weighted by Gasteiger charge is -2.29. The van der Waals surface area contributed by atoms with Crippen molar-refractivity contribution in [3.05, 3.63) is 20.8 Å². The first-order valence-corrected chi connectivity index (χ1v) is 6.41. The van der Waals surface area contributed by atoms with Crippen LogP contribution in [-0.2, 0) is 0 Å². The lowest BCUT2D eigenvalue weighted by Crippen LogP contribution is -2.49. The summed E-state index contributed by atoms with van der Waals surface area (Å²) in [7, 11) is 0. The fraction of sp³-hybridized carbons (Fsp3) is 0.600. The third-order valence-electron chi connectivity index (χ3n) is 2.28. The Hall–Kier alpha value is 0.0600. The van der Waals surface area contributed by atoms with Crippen LogP contribution in [0.1, 0.15) is 24.8 Å². The molecule has 3 N–H and O–H groups in total. The molecule has 0 aliphatic rings. The molecule has 0 fully saturated rings. The molecule has 15 heavy (non-hydrogen) atoms. The fourth-order valence-electron chi connectivity index (χ4n) is 1.29. The molecule has 0 saturated carbocycles. The smallest absolute Gasteiger partial charge is 0.0633 e. The zero-order chi connectivity index (χ0) is 11.5. The molecule has 0 amide bonds. The maximum absolute atomic E-state index is 9.16. The number of rotatable bonds is 5. The topological polar surface area (TPSA) is 52.5 Å². The summed E-state index contributed by atoms with van der Waals surface area (Å²) in [5, 5.41) is 23.5. The van der Waals surface area contributed by atoms with Gasteiger partial charge < -0.3 is 15.5 Å². The van der Waals surface area contributed by atoms with E-state index in [1.165, 1.54) is 4.88 Å². The van der Waals surface area contributed by atoms with E-state index in [1.54, 1.807) is 18.3 Å². The third-order valence-corrected chi connectivity index (χ3v) is 4.15. The van der Waals surface area contributed by atoms with Crippen LogP contribution in [0.3, 0.4) is 0 Å². The molecule has 5 heteroatoms. The van der Waals surface area contributed by atoms with Crippen LogP contribution in [0, 0.1) is 0 Å². The molecule has 3 nitrogen and oxygen atoms in total. The van der Waals surface area contributed by atoms with Crippen molar-refractivity contribution >= 4 is 27.3 Å². The van der Waals surface area contributed by atoms with Gasteiger partial charge in [0.2, 0.25) is 0 Å². The molecule has 0 bridgehead atoms. The largest absolute Gasteiger partial charge is 0.394 e. The predicted molar refractivity (Wildman–Crippen MR) is 66.1 cm³/mol. The predicted octanol–water partition coefficient (Wildman–Crippen LogP) is 1.90. The Kier molecular flexibility index (Phi) is 4.73. The Bertz CT molecular complexity index is 312. The highest BCUT2D eigenvalue weighted by molar-refractivity contribution is 9.10. The number of nitrogens with one attached hydrogen (secondary N) is 1. The Balaban J connectivity index is 2.66. The van der Waals surface area contributed by atoms with E-state index in [2.05, 4.69) is 21.2 Å². The van der Waals surface area contributed by atoms with Gasteiger partial charge in [0.15, 0.2) is 0 Å². The second-order valence-electron chi connectivity index (χ2n) is 3.91. The SMILES string of the molecule is CC(NC(C)(CO)CO)c1cc(Br)cs1. The standard InChI is InChI=1S/C10H16BrNO2S/c1-7(9-3-8(11)4-15-9)12-10(2,5-13)6-14/h3-4,7,12-14H,5-6H2,1-2H3. The highest BCUT2D eigenvalue weighted by Crippen LogP contribution is 2.26. The molecule has 86 valence electrons. The minimum absolute atomic E-state index is 0.0830. The van der Waals surface area contributed by atoms with Crippen LogP contribution in [0.25, 0.3) is 0 Å². The molecule has 0 radical (unpaired) electrons. The van der Waals surface area contributed by atoms with Gasteiger partial charge in [-0.05, 0) is 35.8 Å². The van der Waals surface area contributed by atoms with Crippen molar-refractivity contribution in [3.63, 3.8) is 0 Å². The van der Waals surface area contributed by atoms with Gasteiger partial charge in [0.05, 0.1) is 18.8 Å². The molecular weight excluding hydrogens is 278 g/mol. The average molecular weight is 294 g/mol. The van der Waals surface area contributed by atoms with Gasteiger partial charge in [-0.25, -0.2) is 0 Å². The number of halogens is 1. The molecule has 0 aliphatic heterocycles. The first-order valence-electron chi connectivity index (χ1n) is 4.74. The van der Waals surface area contributed by atoms with Gasteiger partial charge >= 0.3 is 0 Å². The average Bonchev–Trinajstić information content (AvgIpc) is 2.65. The monoisotopic (exact) mass is 293 g/mol. The van der Waals surface area contributed by atoms with Gasteiger partial charge in [-0.15, -0.1) is 11.3 Å². The summed E-state index contributed by atoms with van der Waals surface area (Å²) < 4.78 is 1.06. The second-order valence-corrected chi connectivity index (χ2v) is 5.77. The van der Waals surface area contributed by atoms with E-state index in [-0.39, 0.29) is 19.3 Å². The van der Waals surface area contributed by atoms with Crippen LogP contribution in [-0.4, -0.2) is 29.0 Å².